The Labute approximate surface area is 169 Å². The number of ketones is 1. The predicted molar refractivity (Wildman–Crippen MR) is 108 cm³/mol. The van der Waals surface area contributed by atoms with Gasteiger partial charge in [-0.05, 0) is 51.0 Å². The summed E-state index contributed by atoms with van der Waals surface area (Å²) >= 11 is 1.52. The van der Waals surface area contributed by atoms with Crippen LogP contribution in [0.25, 0.3) is 0 Å². The smallest absolute Gasteiger partial charge is 0.228 e. The summed E-state index contributed by atoms with van der Waals surface area (Å²) in [7, 11) is 0. The molecule has 1 atom stereocenters. The quantitative estimate of drug-likeness (QED) is 0.716. The van der Waals surface area contributed by atoms with Gasteiger partial charge < -0.3 is 14.7 Å². The normalized spacial score (nSPS) is 16.1. The molecular formula is C21H26N2O4S. The van der Waals surface area contributed by atoms with E-state index in [1.165, 1.54) is 23.5 Å². The van der Waals surface area contributed by atoms with E-state index < -0.39 is 0 Å². The molecule has 0 radical (unpaired) electrons. The van der Waals surface area contributed by atoms with Gasteiger partial charge in [0, 0.05) is 36.6 Å². The van der Waals surface area contributed by atoms with Crippen LogP contribution in [-0.4, -0.2) is 46.4 Å². The van der Waals surface area contributed by atoms with Crippen LogP contribution < -0.4 is 0 Å². The van der Waals surface area contributed by atoms with Crippen molar-refractivity contribution in [3.8, 4) is 5.75 Å². The van der Waals surface area contributed by atoms with E-state index in [0.29, 0.717) is 38.1 Å². The molecule has 28 heavy (non-hydrogen) atoms. The van der Waals surface area contributed by atoms with Crippen molar-refractivity contribution in [3.05, 3.63) is 45.9 Å². The number of Topliss-reactive ketones (excluding diaryl/α,β-unsaturated/α-hetero) is 1. The van der Waals surface area contributed by atoms with E-state index in [2.05, 4.69) is 4.98 Å². The molecule has 1 aromatic heterocycles. The van der Waals surface area contributed by atoms with Gasteiger partial charge in [-0.15, -0.1) is 11.3 Å². The minimum absolute atomic E-state index is 0.0523. The number of phenolic OH excluding ortho intramolecular Hbond substituents is 1. The largest absolute Gasteiger partial charge is 0.508 e. The molecule has 1 saturated heterocycles. The van der Waals surface area contributed by atoms with Crippen LogP contribution in [0.2, 0.25) is 0 Å². The number of thiazole rings is 1. The Morgan fingerprint density at radius 2 is 1.96 bits per heavy atom. The van der Waals surface area contributed by atoms with Crippen LogP contribution >= 0.6 is 11.3 Å². The van der Waals surface area contributed by atoms with Crippen LogP contribution in [0.3, 0.4) is 0 Å². The van der Waals surface area contributed by atoms with Gasteiger partial charge in [0.15, 0.2) is 5.78 Å². The average Bonchev–Trinajstić information content (AvgIpc) is 3.17. The molecule has 1 fully saturated rings. The third-order valence-corrected chi connectivity index (χ3v) is 6.09. The summed E-state index contributed by atoms with van der Waals surface area (Å²) in [6.07, 6.45) is 1.55. The highest BCUT2D eigenvalue weighted by Gasteiger charge is 2.28. The Balaban J connectivity index is 1.51. The third-order valence-electron chi connectivity index (χ3n) is 5.04. The fourth-order valence-electron chi connectivity index (χ4n) is 3.43. The van der Waals surface area contributed by atoms with Crippen molar-refractivity contribution in [2.75, 3.05) is 19.7 Å². The number of likely N-dealkylation sites (tertiary alicyclic amines) is 1. The number of rotatable bonds is 7. The first-order valence-electron chi connectivity index (χ1n) is 9.64. The number of benzene rings is 1. The van der Waals surface area contributed by atoms with Gasteiger partial charge in [0.25, 0.3) is 0 Å². The number of ether oxygens (including phenoxy) is 1. The van der Waals surface area contributed by atoms with Crippen molar-refractivity contribution in [2.24, 2.45) is 5.92 Å². The summed E-state index contributed by atoms with van der Waals surface area (Å²) in [6, 6.07) is 6.36. The fourth-order valence-corrected chi connectivity index (χ4v) is 4.25. The number of amides is 1. The summed E-state index contributed by atoms with van der Waals surface area (Å²) in [6.45, 7) is 5.71. The highest BCUT2D eigenvalue weighted by Crippen LogP contribution is 2.25. The van der Waals surface area contributed by atoms with Crippen LogP contribution in [0.4, 0.5) is 0 Å². The van der Waals surface area contributed by atoms with E-state index in [-0.39, 0.29) is 35.9 Å². The van der Waals surface area contributed by atoms with E-state index in [1.807, 2.05) is 24.1 Å². The lowest BCUT2D eigenvalue weighted by atomic mass is 9.88. The maximum Gasteiger partial charge on any atom is 0.228 e. The molecule has 0 bridgehead atoms. The number of phenols is 1. The van der Waals surface area contributed by atoms with E-state index in [9.17, 15) is 14.7 Å². The molecule has 1 aromatic carbocycles. The number of hydrogen-bond acceptors (Lipinski definition) is 6. The Kier molecular flexibility index (Phi) is 6.80. The van der Waals surface area contributed by atoms with E-state index in [1.54, 1.807) is 12.1 Å². The van der Waals surface area contributed by atoms with E-state index in [0.717, 1.165) is 10.7 Å². The Morgan fingerprint density at radius 3 is 2.61 bits per heavy atom. The van der Waals surface area contributed by atoms with Gasteiger partial charge in [0.05, 0.1) is 12.1 Å². The van der Waals surface area contributed by atoms with Gasteiger partial charge >= 0.3 is 0 Å². The van der Waals surface area contributed by atoms with Crippen LogP contribution in [0.15, 0.2) is 29.6 Å². The number of carbonyl (C=O) groups is 2. The second kappa shape index (κ2) is 9.30. The maximum absolute atomic E-state index is 12.6. The van der Waals surface area contributed by atoms with Crippen LogP contribution in [0.1, 0.15) is 53.9 Å². The highest BCUT2D eigenvalue weighted by molar-refractivity contribution is 7.09. The summed E-state index contributed by atoms with van der Waals surface area (Å²) in [5.74, 6) is 0.210. The van der Waals surface area contributed by atoms with E-state index in [4.69, 9.17) is 4.74 Å². The number of aromatic hydroxyl groups is 1. The number of hydrogen-bond donors (Lipinski definition) is 1. The third kappa shape index (κ3) is 4.97. The average molecular weight is 403 g/mol. The van der Waals surface area contributed by atoms with Crippen LogP contribution in [-0.2, 0) is 16.0 Å². The monoisotopic (exact) mass is 402 g/mol. The number of piperidine rings is 1. The van der Waals surface area contributed by atoms with Gasteiger partial charge in [-0.1, -0.05) is 0 Å². The van der Waals surface area contributed by atoms with Crippen molar-refractivity contribution >= 4 is 23.0 Å². The summed E-state index contributed by atoms with van der Waals surface area (Å²) < 4.78 is 5.55. The first-order valence-corrected chi connectivity index (χ1v) is 10.5. The lowest BCUT2D eigenvalue weighted by Gasteiger charge is -2.31. The molecular weight excluding hydrogens is 376 g/mol. The Bertz CT molecular complexity index is 810. The van der Waals surface area contributed by atoms with Gasteiger partial charge in [0.1, 0.15) is 16.9 Å². The van der Waals surface area contributed by atoms with Gasteiger partial charge in [-0.2, -0.15) is 0 Å². The van der Waals surface area contributed by atoms with Crippen molar-refractivity contribution in [1.29, 1.82) is 0 Å². The Morgan fingerprint density at radius 1 is 1.29 bits per heavy atom. The molecule has 7 heteroatoms. The molecule has 1 unspecified atom stereocenters. The Hall–Kier alpha value is -2.25. The molecule has 1 aliphatic rings. The molecule has 2 aromatic rings. The standard InChI is InChI=1S/C21H26N2O4S/c1-3-27-14(2)21-22-17(13-28-21)12-19(25)23-10-8-16(9-11-23)20(26)15-4-6-18(24)7-5-15/h4-7,13-14,16,24H,3,8-12H2,1-2H3. The van der Waals surface area contributed by atoms with Crippen molar-refractivity contribution in [2.45, 2.75) is 39.2 Å². The predicted octanol–water partition coefficient (Wildman–Crippen LogP) is 3.61. The molecule has 1 amide bonds. The zero-order chi connectivity index (χ0) is 20.1. The first-order chi connectivity index (χ1) is 13.5. The lowest BCUT2D eigenvalue weighted by Crippen LogP contribution is -2.41. The maximum atomic E-state index is 12.6. The van der Waals surface area contributed by atoms with E-state index >= 15 is 0 Å². The summed E-state index contributed by atoms with van der Waals surface area (Å²) in [5, 5.41) is 12.2. The SMILES string of the molecule is CCOC(C)c1nc(CC(=O)N2CCC(C(=O)c3ccc(O)cc3)CC2)cs1. The topological polar surface area (TPSA) is 79.7 Å². The minimum atomic E-state index is -0.0773. The number of carbonyl (C=O) groups excluding carboxylic acids is 2. The summed E-state index contributed by atoms with van der Waals surface area (Å²) in [5.41, 5.74) is 1.39. The zero-order valence-corrected chi connectivity index (χ0v) is 17.1. The number of nitrogens with zero attached hydrogens (tertiary/aromatic N) is 2. The molecule has 1 N–H and O–H groups in total. The highest BCUT2D eigenvalue weighted by atomic mass is 32.1. The molecule has 6 nitrogen and oxygen atoms in total. The second-order valence-electron chi connectivity index (χ2n) is 7.02. The molecule has 0 spiro atoms. The molecule has 2 heterocycles. The zero-order valence-electron chi connectivity index (χ0n) is 16.3. The first kappa shape index (κ1) is 20.5. The van der Waals surface area contributed by atoms with Gasteiger partial charge in [-0.3, -0.25) is 9.59 Å². The van der Waals surface area contributed by atoms with Crippen LogP contribution in [0.5, 0.6) is 5.75 Å². The molecule has 0 aliphatic carbocycles. The van der Waals surface area contributed by atoms with Gasteiger partial charge in [-0.25, -0.2) is 4.98 Å². The molecule has 150 valence electrons. The summed E-state index contributed by atoms with van der Waals surface area (Å²) in [4.78, 5) is 31.5. The second-order valence-corrected chi connectivity index (χ2v) is 7.91. The number of aromatic nitrogens is 1. The molecule has 3 rings (SSSR count). The fraction of sp³-hybridized carbons (Fsp3) is 0.476. The van der Waals surface area contributed by atoms with Crippen molar-refractivity contribution in [1.82, 2.24) is 9.88 Å². The molecule has 0 saturated carbocycles. The molecule has 1 aliphatic heterocycles. The van der Waals surface area contributed by atoms with Crippen molar-refractivity contribution < 1.29 is 19.4 Å². The van der Waals surface area contributed by atoms with Gasteiger partial charge in [0.2, 0.25) is 5.91 Å². The minimum Gasteiger partial charge on any atom is -0.508 e. The van der Waals surface area contributed by atoms with Crippen molar-refractivity contribution in [3.63, 3.8) is 0 Å². The lowest BCUT2D eigenvalue weighted by molar-refractivity contribution is -0.131. The van der Waals surface area contributed by atoms with Crippen LogP contribution in [0, 0.1) is 5.92 Å².